The molecule has 0 spiro atoms. The van der Waals surface area contributed by atoms with Gasteiger partial charge in [-0.25, -0.2) is 0 Å². The fourth-order valence-electron chi connectivity index (χ4n) is 1.96. The van der Waals surface area contributed by atoms with E-state index in [1.807, 2.05) is 16.9 Å². The minimum absolute atomic E-state index is 0.304. The van der Waals surface area contributed by atoms with Crippen LogP contribution in [-0.4, -0.2) is 9.78 Å². The second-order valence-corrected chi connectivity index (χ2v) is 5.90. The van der Waals surface area contributed by atoms with Gasteiger partial charge in [-0.05, 0) is 32.4 Å². The van der Waals surface area contributed by atoms with Gasteiger partial charge in [0.1, 0.15) is 0 Å². The lowest BCUT2D eigenvalue weighted by atomic mass is 10.1. The third-order valence-corrected chi connectivity index (χ3v) is 3.89. The van der Waals surface area contributed by atoms with Crippen LogP contribution in [0.25, 0.3) is 0 Å². The smallest absolute Gasteiger partial charge is 0.0534 e. The highest BCUT2D eigenvalue weighted by Gasteiger charge is 2.09. The van der Waals surface area contributed by atoms with Crippen molar-refractivity contribution >= 4 is 15.9 Å². The number of benzene rings is 1. The average molecular weight is 322 g/mol. The molecule has 3 nitrogen and oxygen atoms in total. The number of nitrogens with one attached hydrogen (secondary N) is 1. The van der Waals surface area contributed by atoms with E-state index >= 15 is 0 Å². The van der Waals surface area contributed by atoms with Gasteiger partial charge in [-0.15, -0.1) is 0 Å². The number of hydrogen-bond donors (Lipinski definition) is 1. The van der Waals surface area contributed by atoms with E-state index in [0.29, 0.717) is 12.1 Å². The van der Waals surface area contributed by atoms with E-state index in [-0.39, 0.29) is 0 Å². The summed E-state index contributed by atoms with van der Waals surface area (Å²) in [4.78, 5) is 0. The standard InChI is InChI=1S/C15H20BrN3/c1-11(2)19-10-13(9-18-19)8-17-12(3)14-6-4-5-7-15(14)16/h4-7,9-12,17H,8H2,1-3H3/t12-/m0/s1. The molecule has 0 bridgehead atoms. The molecule has 0 amide bonds. The van der Waals surface area contributed by atoms with Gasteiger partial charge < -0.3 is 5.32 Å². The van der Waals surface area contributed by atoms with Crippen LogP contribution in [0.15, 0.2) is 41.1 Å². The Hall–Kier alpha value is -1.13. The highest BCUT2D eigenvalue weighted by atomic mass is 79.9. The average Bonchev–Trinajstić information content (AvgIpc) is 2.85. The van der Waals surface area contributed by atoms with Gasteiger partial charge in [-0.3, -0.25) is 4.68 Å². The Labute approximate surface area is 123 Å². The normalized spacial score (nSPS) is 12.9. The molecule has 1 aromatic carbocycles. The van der Waals surface area contributed by atoms with Crippen LogP contribution in [0, 0.1) is 0 Å². The maximum Gasteiger partial charge on any atom is 0.0534 e. The molecule has 1 N–H and O–H groups in total. The number of hydrogen-bond acceptors (Lipinski definition) is 2. The highest BCUT2D eigenvalue weighted by Crippen LogP contribution is 2.22. The Morgan fingerprint density at radius 2 is 2.00 bits per heavy atom. The van der Waals surface area contributed by atoms with Crippen molar-refractivity contribution in [3.63, 3.8) is 0 Å². The molecule has 0 saturated heterocycles. The molecule has 2 aromatic rings. The van der Waals surface area contributed by atoms with Crippen LogP contribution in [0.4, 0.5) is 0 Å². The zero-order valence-corrected chi connectivity index (χ0v) is 13.2. The summed E-state index contributed by atoms with van der Waals surface area (Å²) >= 11 is 3.59. The predicted molar refractivity (Wildman–Crippen MR) is 82.0 cm³/mol. The van der Waals surface area contributed by atoms with Gasteiger partial charge in [-0.2, -0.15) is 5.10 Å². The lowest BCUT2D eigenvalue weighted by Gasteiger charge is -2.15. The highest BCUT2D eigenvalue weighted by molar-refractivity contribution is 9.10. The van der Waals surface area contributed by atoms with E-state index in [4.69, 9.17) is 0 Å². The third kappa shape index (κ3) is 3.67. The molecule has 2 rings (SSSR count). The molecule has 0 aliphatic carbocycles. The van der Waals surface area contributed by atoms with Crippen molar-refractivity contribution in [3.05, 3.63) is 52.3 Å². The van der Waals surface area contributed by atoms with Gasteiger partial charge in [0, 0.05) is 34.9 Å². The monoisotopic (exact) mass is 321 g/mol. The Bertz CT molecular complexity index is 534. The van der Waals surface area contributed by atoms with E-state index in [1.165, 1.54) is 11.1 Å². The van der Waals surface area contributed by atoms with Crippen LogP contribution in [0.5, 0.6) is 0 Å². The van der Waals surface area contributed by atoms with Crippen LogP contribution in [0.1, 0.15) is 44.0 Å². The molecule has 0 aliphatic heterocycles. The molecule has 1 heterocycles. The Morgan fingerprint density at radius 3 is 2.63 bits per heavy atom. The maximum absolute atomic E-state index is 4.35. The first kappa shape index (κ1) is 14.3. The van der Waals surface area contributed by atoms with Gasteiger partial charge in [0.25, 0.3) is 0 Å². The van der Waals surface area contributed by atoms with Crippen molar-refractivity contribution in [2.24, 2.45) is 0 Å². The van der Waals surface area contributed by atoms with E-state index in [2.05, 4.69) is 71.5 Å². The largest absolute Gasteiger partial charge is 0.306 e. The van der Waals surface area contributed by atoms with Crippen molar-refractivity contribution in [3.8, 4) is 0 Å². The van der Waals surface area contributed by atoms with Gasteiger partial charge in [-0.1, -0.05) is 34.1 Å². The van der Waals surface area contributed by atoms with Crippen molar-refractivity contribution in [2.75, 3.05) is 0 Å². The summed E-state index contributed by atoms with van der Waals surface area (Å²) < 4.78 is 3.13. The minimum Gasteiger partial charge on any atom is -0.306 e. The number of rotatable bonds is 5. The third-order valence-electron chi connectivity index (χ3n) is 3.17. The lowest BCUT2D eigenvalue weighted by Crippen LogP contribution is -2.18. The summed E-state index contributed by atoms with van der Waals surface area (Å²) in [5.41, 5.74) is 2.49. The Balaban J connectivity index is 1.96. The molecule has 19 heavy (non-hydrogen) atoms. The zero-order chi connectivity index (χ0) is 13.8. The lowest BCUT2D eigenvalue weighted by molar-refractivity contribution is 0.530. The second kappa shape index (κ2) is 6.35. The molecule has 4 heteroatoms. The summed E-state index contributed by atoms with van der Waals surface area (Å²) in [5.74, 6) is 0. The molecular weight excluding hydrogens is 302 g/mol. The molecule has 0 aliphatic rings. The van der Waals surface area contributed by atoms with Crippen molar-refractivity contribution in [1.82, 2.24) is 15.1 Å². The van der Waals surface area contributed by atoms with Gasteiger partial charge in [0.2, 0.25) is 0 Å². The minimum atomic E-state index is 0.304. The fourth-order valence-corrected chi connectivity index (χ4v) is 2.59. The molecule has 1 atom stereocenters. The quantitative estimate of drug-likeness (QED) is 0.899. The van der Waals surface area contributed by atoms with Crippen LogP contribution in [0.2, 0.25) is 0 Å². The first-order valence-electron chi connectivity index (χ1n) is 6.58. The Kier molecular flexibility index (Phi) is 4.77. The van der Waals surface area contributed by atoms with Gasteiger partial charge in [0.15, 0.2) is 0 Å². The van der Waals surface area contributed by atoms with Crippen molar-refractivity contribution in [1.29, 1.82) is 0 Å². The van der Waals surface area contributed by atoms with Gasteiger partial charge >= 0.3 is 0 Å². The van der Waals surface area contributed by atoms with Crippen LogP contribution in [0.3, 0.4) is 0 Å². The summed E-state index contributed by atoms with van der Waals surface area (Å²) in [6.45, 7) is 7.27. The number of aromatic nitrogens is 2. The van der Waals surface area contributed by atoms with E-state index in [1.54, 1.807) is 0 Å². The predicted octanol–water partition coefficient (Wildman–Crippen LogP) is 4.08. The SMILES string of the molecule is CC(C)n1cc(CN[C@@H](C)c2ccccc2Br)cn1. The Morgan fingerprint density at radius 1 is 1.26 bits per heavy atom. The number of halogens is 1. The molecule has 0 saturated carbocycles. The van der Waals surface area contributed by atoms with Crippen LogP contribution in [-0.2, 0) is 6.54 Å². The number of nitrogens with zero attached hydrogens (tertiary/aromatic N) is 2. The first-order chi connectivity index (χ1) is 9.08. The van der Waals surface area contributed by atoms with Crippen LogP contribution >= 0.6 is 15.9 Å². The first-order valence-corrected chi connectivity index (χ1v) is 7.38. The zero-order valence-electron chi connectivity index (χ0n) is 11.6. The molecule has 0 radical (unpaired) electrons. The molecular formula is C15H20BrN3. The van der Waals surface area contributed by atoms with Crippen molar-refractivity contribution < 1.29 is 0 Å². The molecule has 0 fully saturated rings. The maximum atomic E-state index is 4.35. The molecule has 102 valence electrons. The summed E-state index contributed by atoms with van der Waals surface area (Å²) in [7, 11) is 0. The summed E-state index contributed by atoms with van der Waals surface area (Å²) in [5, 5.41) is 7.88. The molecule has 1 aromatic heterocycles. The topological polar surface area (TPSA) is 29.9 Å². The van der Waals surface area contributed by atoms with Crippen molar-refractivity contribution in [2.45, 2.75) is 39.4 Å². The van der Waals surface area contributed by atoms with Gasteiger partial charge in [0.05, 0.1) is 6.20 Å². The fraction of sp³-hybridized carbons (Fsp3) is 0.400. The summed E-state index contributed by atoms with van der Waals surface area (Å²) in [6.07, 6.45) is 4.03. The van der Waals surface area contributed by atoms with E-state index in [0.717, 1.165) is 11.0 Å². The second-order valence-electron chi connectivity index (χ2n) is 5.05. The van der Waals surface area contributed by atoms with E-state index < -0.39 is 0 Å². The van der Waals surface area contributed by atoms with Crippen LogP contribution < -0.4 is 5.32 Å². The summed E-state index contributed by atoms with van der Waals surface area (Å²) in [6, 6.07) is 9.03. The molecule has 0 unspecified atom stereocenters. The van der Waals surface area contributed by atoms with E-state index in [9.17, 15) is 0 Å².